The summed E-state index contributed by atoms with van der Waals surface area (Å²) in [5.74, 6) is -0.401. The van der Waals surface area contributed by atoms with Crippen molar-refractivity contribution >= 4 is 23.0 Å². The van der Waals surface area contributed by atoms with Crippen molar-refractivity contribution in [2.24, 2.45) is 0 Å². The van der Waals surface area contributed by atoms with Gasteiger partial charge in [0.05, 0.1) is 18.7 Å². The number of esters is 1. The minimum atomic E-state index is -0.401. The molecule has 0 aliphatic heterocycles. The van der Waals surface area contributed by atoms with Gasteiger partial charge in [0.1, 0.15) is 0 Å². The Hall–Kier alpha value is -2.07. The van der Waals surface area contributed by atoms with Crippen LogP contribution in [0.1, 0.15) is 10.9 Å². The van der Waals surface area contributed by atoms with E-state index in [2.05, 4.69) is 11.9 Å². The summed E-state index contributed by atoms with van der Waals surface area (Å²) >= 11 is 1.58. The van der Waals surface area contributed by atoms with Gasteiger partial charge in [-0.2, -0.15) is 0 Å². The molecule has 0 fully saturated rings. The minimum Gasteiger partial charge on any atom is -0.466 e. The van der Waals surface area contributed by atoms with E-state index in [1.54, 1.807) is 11.3 Å². The maximum atomic E-state index is 11.7. The topological polar surface area (TPSA) is 38.3 Å². The number of ether oxygens (including phenoxy) is 1. The third kappa shape index (κ3) is 3.23. The van der Waals surface area contributed by atoms with Gasteiger partial charge in [-0.15, -0.1) is 11.3 Å². The van der Waals surface area contributed by atoms with E-state index in [1.165, 1.54) is 7.11 Å². The van der Waals surface area contributed by atoms with E-state index in [9.17, 15) is 4.79 Å². The number of hydrogen-bond donors (Lipinski definition) is 1. The number of nitrogens with one attached hydrogen (secondary N) is 1. The van der Waals surface area contributed by atoms with Gasteiger partial charge in [0, 0.05) is 10.6 Å². The highest BCUT2D eigenvalue weighted by atomic mass is 32.1. The van der Waals surface area contributed by atoms with Crippen molar-refractivity contribution in [3.8, 4) is 0 Å². The molecule has 19 heavy (non-hydrogen) atoms. The smallest absolute Gasteiger partial charge is 0.335 e. The maximum absolute atomic E-state index is 11.7. The van der Waals surface area contributed by atoms with Gasteiger partial charge >= 0.3 is 5.97 Å². The van der Waals surface area contributed by atoms with Crippen molar-refractivity contribution in [1.29, 1.82) is 0 Å². The summed E-state index contributed by atoms with van der Waals surface area (Å²) in [5.41, 5.74) is 1.33. The highest BCUT2D eigenvalue weighted by molar-refractivity contribution is 7.10. The predicted octanol–water partition coefficient (Wildman–Crippen LogP) is 3.63. The Morgan fingerprint density at radius 3 is 2.58 bits per heavy atom. The third-order valence-electron chi connectivity index (χ3n) is 2.71. The molecule has 3 nitrogen and oxygen atoms in total. The lowest BCUT2D eigenvalue weighted by Gasteiger charge is -2.19. The molecule has 1 heterocycles. The summed E-state index contributed by atoms with van der Waals surface area (Å²) in [6.45, 7) is 3.85. The molecule has 1 aromatic heterocycles. The number of rotatable bonds is 5. The summed E-state index contributed by atoms with van der Waals surface area (Å²) in [4.78, 5) is 12.7. The van der Waals surface area contributed by atoms with Crippen LogP contribution < -0.4 is 5.32 Å². The zero-order valence-electron chi connectivity index (χ0n) is 10.6. The molecule has 1 atom stereocenters. The molecule has 0 saturated carbocycles. The lowest BCUT2D eigenvalue weighted by molar-refractivity contribution is -0.136. The van der Waals surface area contributed by atoms with Crippen LogP contribution in [0.5, 0.6) is 0 Å². The van der Waals surface area contributed by atoms with Gasteiger partial charge in [-0.3, -0.25) is 0 Å². The molecular weight excluding hydrogens is 258 g/mol. The fourth-order valence-electron chi connectivity index (χ4n) is 1.74. The van der Waals surface area contributed by atoms with Crippen molar-refractivity contribution < 1.29 is 9.53 Å². The second kappa shape index (κ2) is 6.20. The molecule has 98 valence electrons. The Morgan fingerprint density at radius 1 is 1.26 bits per heavy atom. The molecule has 0 spiro atoms. The average Bonchev–Trinajstić information content (AvgIpc) is 2.98. The van der Waals surface area contributed by atoms with Gasteiger partial charge in [-0.1, -0.05) is 30.8 Å². The Bertz CT molecular complexity index is 549. The van der Waals surface area contributed by atoms with Gasteiger partial charge in [0.15, 0.2) is 0 Å². The fourth-order valence-corrected chi connectivity index (χ4v) is 2.54. The SMILES string of the molecule is C=C(C(=O)OC)C(Nc1ccccc1)c1cccs1. The minimum absolute atomic E-state index is 0.269. The first-order chi connectivity index (χ1) is 9.22. The van der Waals surface area contributed by atoms with E-state index in [0.29, 0.717) is 5.57 Å². The molecule has 0 amide bonds. The lowest BCUT2D eigenvalue weighted by atomic mass is 10.1. The largest absolute Gasteiger partial charge is 0.466 e. The van der Waals surface area contributed by atoms with Crippen LogP contribution in [0.25, 0.3) is 0 Å². The van der Waals surface area contributed by atoms with E-state index < -0.39 is 5.97 Å². The van der Waals surface area contributed by atoms with Gasteiger partial charge in [0.2, 0.25) is 0 Å². The number of carbonyl (C=O) groups is 1. The normalized spacial score (nSPS) is 11.6. The summed E-state index contributed by atoms with van der Waals surface area (Å²) in [5, 5.41) is 5.28. The molecule has 2 aromatic rings. The first-order valence-corrected chi connectivity index (χ1v) is 6.72. The predicted molar refractivity (Wildman–Crippen MR) is 78.3 cm³/mol. The number of para-hydroxylation sites is 1. The van der Waals surface area contributed by atoms with Crippen LogP contribution in [0.2, 0.25) is 0 Å². The van der Waals surface area contributed by atoms with E-state index in [0.717, 1.165) is 10.6 Å². The third-order valence-corrected chi connectivity index (χ3v) is 3.65. The van der Waals surface area contributed by atoms with Gasteiger partial charge in [-0.05, 0) is 23.6 Å². The van der Waals surface area contributed by atoms with Crippen molar-refractivity contribution in [1.82, 2.24) is 0 Å². The lowest BCUT2D eigenvalue weighted by Crippen LogP contribution is -2.18. The van der Waals surface area contributed by atoms with Crippen LogP contribution in [0.3, 0.4) is 0 Å². The quantitative estimate of drug-likeness (QED) is 0.668. The average molecular weight is 273 g/mol. The fraction of sp³-hybridized carbons (Fsp3) is 0.133. The molecule has 1 aromatic carbocycles. The molecule has 1 N–H and O–H groups in total. The number of hydrogen-bond acceptors (Lipinski definition) is 4. The molecule has 4 heteroatoms. The molecule has 0 radical (unpaired) electrons. The van der Waals surface area contributed by atoms with E-state index in [4.69, 9.17) is 4.74 Å². The number of carbonyl (C=O) groups excluding carboxylic acids is 1. The van der Waals surface area contributed by atoms with E-state index in [-0.39, 0.29) is 6.04 Å². The number of methoxy groups -OCH3 is 1. The Morgan fingerprint density at radius 2 is 2.00 bits per heavy atom. The zero-order valence-corrected chi connectivity index (χ0v) is 11.4. The second-order valence-electron chi connectivity index (χ2n) is 3.98. The molecule has 0 aliphatic carbocycles. The molecule has 2 rings (SSSR count). The van der Waals surface area contributed by atoms with Gasteiger partial charge in [-0.25, -0.2) is 4.79 Å². The maximum Gasteiger partial charge on any atom is 0.335 e. The van der Waals surface area contributed by atoms with Gasteiger partial charge in [0.25, 0.3) is 0 Å². The number of thiophene rings is 1. The van der Waals surface area contributed by atoms with Crippen LogP contribution in [0.4, 0.5) is 5.69 Å². The zero-order chi connectivity index (χ0) is 13.7. The Labute approximate surface area is 116 Å². The standard InChI is InChI=1S/C15H15NO2S/c1-11(15(17)18-2)14(13-9-6-10-19-13)16-12-7-4-3-5-8-12/h3-10,14,16H,1H2,2H3. The number of benzene rings is 1. The number of anilines is 1. The van der Waals surface area contributed by atoms with Crippen LogP contribution in [0.15, 0.2) is 60.0 Å². The first-order valence-electron chi connectivity index (χ1n) is 5.84. The monoisotopic (exact) mass is 273 g/mol. The van der Waals surface area contributed by atoms with Gasteiger partial charge < -0.3 is 10.1 Å². The molecule has 1 unspecified atom stereocenters. The summed E-state index contributed by atoms with van der Waals surface area (Å²) < 4.78 is 4.75. The summed E-state index contributed by atoms with van der Waals surface area (Å²) in [7, 11) is 1.36. The van der Waals surface area contributed by atoms with Crippen LogP contribution in [-0.2, 0) is 9.53 Å². The highest BCUT2D eigenvalue weighted by Gasteiger charge is 2.22. The molecule has 0 bridgehead atoms. The second-order valence-corrected chi connectivity index (χ2v) is 4.95. The first kappa shape index (κ1) is 13.4. The molecule has 0 saturated heterocycles. The van der Waals surface area contributed by atoms with Crippen molar-refractivity contribution in [2.45, 2.75) is 6.04 Å². The molecular formula is C15H15NO2S. The van der Waals surface area contributed by atoms with Crippen LogP contribution in [-0.4, -0.2) is 13.1 Å². The Balaban J connectivity index is 2.25. The summed E-state index contributed by atoms with van der Waals surface area (Å²) in [6.07, 6.45) is 0. The van der Waals surface area contributed by atoms with Crippen molar-refractivity contribution in [2.75, 3.05) is 12.4 Å². The van der Waals surface area contributed by atoms with E-state index in [1.807, 2.05) is 47.8 Å². The van der Waals surface area contributed by atoms with E-state index >= 15 is 0 Å². The summed E-state index contributed by atoms with van der Waals surface area (Å²) in [6, 6.07) is 13.4. The van der Waals surface area contributed by atoms with Crippen LogP contribution >= 0.6 is 11.3 Å². The Kier molecular flexibility index (Phi) is 4.36. The van der Waals surface area contributed by atoms with Crippen LogP contribution in [0, 0.1) is 0 Å². The van der Waals surface area contributed by atoms with Crippen molar-refractivity contribution in [3.63, 3.8) is 0 Å². The molecule has 0 aliphatic rings. The highest BCUT2D eigenvalue weighted by Crippen LogP contribution is 2.29. The van der Waals surface area contributed by atoms with Crippen molar-refractivity contribution in [3.05, 3.63) is 64.9 Å².